The van der Waals surface area contributed by atoms with Crippen LogP contribution in [0.2, 0.25) is 0 Å². The molecular weight excluding hydrogens is 136 g/mol. The van der Waals surface area contributed by atoms with Gasteiger partial charge in [-0.1, -0.05) is 13.5 Å². The van der Waals surface area contributed by atoms with Gasteiger partial charge in [0, 0.05) is 5.75 Å². The number of hydrogen-bond acceptors (Lipinski definition) is 3. The minimum absolute atomic E-state index is 0.147. The van der Waals surface area contributed by atoms with Crippen LogP contribution in [0.5, 0.6) is 0 Å². The first-order valence-corrected chi connectivity index (χ1v) is 3.28. The monoisotopic (exact) mass is 146 g/mol. The maximum atomic E-state index is 10.6. The topological polar surface area (TPSA) is 26.3 Å². The Morgan fingerprint density at radius 1 is 2.00 bits per heavy atom. The number of rotatable bonds is 3. The highest BCUT2D eigenvalue weighted by molar-refractivity contribution is 7.80. The van der Waals surface area contributed by atoms with Crippen molar-refractivity contribution in [1.29, 1.82) is 0 Å². The van der Waals surface area contributed by atoms with Crippen LogP contribution in [0.1, 0.15) is 6.92 Å². The largest absolute Gasteiger partial charge is 0.435 e. The van der Waals surface area contributed by atoms with E-state index in [9.17, 15) is 4.79 Å². The summed E-state index contributed by atoms with van der Waals surface area (Å²) in [5.41, 5.74) is 0. The second-order valence-electron chi connectivity index (χ2n) is 1.69. The SMILES string of the molecule is C=COC(=O)C(C)CS. The Bertz CT molecular complexity index is 112. The highest BCUT2D eigenvalue weighted by Crippen LogP contribution is 1.99. The fraction of sp³-hybridized carbons (Fsp3) is 0.500. The quantitative estimate of drug-likeness (QED) is 0.368. The summed E-state index contributed by atoms with van der Waals surface area (Å²) in [5.74, 6) is 0.0819. The molecule has 0 heterocycles. The van der Waals surface area contributed by atoms with Gasteiger partial charge in [-0.05, 0) is 0 Å². The van der Waals surface area contributed by atoms with Crippen molar-refractivity contribution in [2.75, 3.05) is 5.75 Å². The van der Waals surface area contributed by atoms with Crippen LogP contribution in [0.4, 0.5) is 0 Å². The van der Waals surface area contributed by atoms with Gasteiger partial charge in [-0.15, -0.1) is 0 Å². The molecule has 0 radical (unpaired) electrons. The van der Waals surface area contributed by atoms with Gasteiger partial charge in [-0.3, -0.25) is 4.79 Å². The first kappa shape index (κ1) is 8.56. The van der Waals surface area contributed by atoms with Gasteiger partial charge in [0.25, 0.3) is 0 Å². The Kier molecular flexibility index (Phi) is 4.22. The Hall–Kier alpha value is -0.440. The lowest BCUT2D eigenvalue weighted by molar-refractivity contribution is -0.141. The molecule has 1 unspecified atom stereocenters. The predicted octanol–water partition coefficient (Wildman–Crippen LogP) is 1.24. The molecule has 0 aliphatic heterocycles. The molecule has 1 atom stereocenters. The first-order chi connectivity index (χ1) is 4.22. The van der Waals surface area contributed by atoms with E-state index in [2.05, 4.69) is 23.9 Å². The molecule has 0 aliphatic carbocycles. The summed E-state index contributed by atoms with van der Waals surface area (Å²) in [5, 5.41) is 0. The maximum absolute atomic E-state index is 10.6. The third-order valence-corrected chi connectivity index (χ3v) is 1.42. The molecule has 52 valence electrons. The van der Waals surface area contributed by atoms with Gasteiger partial charge in [0.15, 0.2) is 0 Å². The van der Waals surface area contributed by atoms with Crippen LogP contribution in [0, 0.1) is 5.92 Å². The van der Waals surface area contributed by atoms with Crippen molar-refractivity contribution in [3.8, 4) is 0 Å². The number of carbonyl (C=O) groups excluding carboxylic acids is 1. The smallest absolute Gasteiger partial charge is 0.314 e. The Morgan fingerprint density at radius 3 is 2.89 bits per heavy atom. The Balaban J connectivity index is 3.58. The normalized spacial score (nSPS) is 12.2. The van der Waals surface area contributed by atoms with Crippen molar-refractivity contribution >= 4 is 18.6 Å². The Labute approximate surface area is 60.3 Å². The van der Waals surface area contributed by atoms with Crippen molar-refractivity contribution in [1.82, 2.24) is 0 Å². The molecule has 0 amide bonds. The van der Waals surface area contributed by atoms with Gasteiger partial charge in [-0.25, -0.2) is 0 Å². The molecule has 0 aliphatic rings. The first-order valence-electron chi connectivity index (χ1n) is 2.64. The van der Waals surface area contributed by atoms with E-state index in [-0.39, 0.29) is 11.9 Å². The molecule has 0 aromatic carbocycles. The summed E-state index contributed by atoms with van der Waals surface area (Å²) in [6.07, 6.45) is 1.13. The lowest BCUT2D eigenvalue weighted by atomic mass is 10.2. The molecule has 0 aromatic heterocycles. The van der Waals surface area contributed by atoms with Gasteiger partial charge in [0.1, 0.15) is 0 Å². The fourth-order valence-electron chi connectivity index (χ4n) is 0.273. The lowest BCUT2D eigenvalue weighted by Crippen LogP contribution is -2.12. The second-order valence-corrected chi connectivity index (χ2v) is 2.05. The molecule has 0 bridgehead atoms. The highest BCUT2D eigenvalue weighted by atomic mass is 32.1. The molecule has 0 N–H and O–H groups in total. The second kappa shape index (κ2) is 4.44. The minimum atomic E-state index is -0.278. The summed E-state index contributed by atoms with van der Waals surface area (Å²) in [7, 11) is 0. The molecule has 0 aromatic rings. The van der Waals surface area contributed by atoms with Gasteiger partial charge in [0.05, 0.1) is 12.2 Å². The van der Waals surface area contributed by atoms with Crippen LogP contribution in [0.3, 0.4) is 0 Å². The zero-order valence-corrected chi connectivity index (χ0v) is 6.23. The number of carbonyl (C=O) groups is 1. The summed E-state index contributed by atoms with van der Waals surface area (Å²) in [6.45, 7) is 5.00. The molecule has 9 heavy (non-hydrogen) atoms. The molecule has 0 saturated heterocycles. The molecule has 0 spiro atoms. The lowest BCUT2D eigenvalue weighted by Gasteiger charge is -2.02. The minimum Gasteiger partial charge on any atom is -0.435 e. The predicted molar refractivity (Wildman–Crippen MR) is 39.3 cm³/mol. The zero-order chi connectivity index (χ0) is 7.28. The van der Waals surface area contributed by atoms with Crippen LogP contribution >= 0.6 is 12.6 Å². The van der Waals surface area contributed by atoms with E-state index in [0.29, 0.717) is 5.75 Å². The molecule has 2 nitrogen and oxygen atoms in total. The fourth-order valence-corrected chi connectivity index (χ4v) is 0.422. The zero-order valence-electron chi connectivity index (χ0n) is 5.33. The van der Waals surface area contributed by atoms with Crippen LogP contribution in [0.15, 0.2) is 12.8 Å². The van der Waals surface area contributed by atoms with Crippen molar-refractivity contribution in [2.45, 2.75) is 6.92 Å². The number of esters is 1. The van der Waals surface area contributed by atoms with Crippen molar-refractivity contribution in [3.05, 3.63) is 12.8 Å². The van der Waals surface area contributed by atoms with Crippen molar-refractivity contribution in [3.63, 3.8) is 0 Å². The standard InChI is InChI=1S/C6H10O2S/c1-3-8-6(7)5(2)4-9/h3,5,9H,1,4H2,2H3. The van der Waals surface area contributed by atoms with E-state index in [1.165, 1.54) is 0 Å². The average molecular weight is 146 g/mol. The van der Waals surface area contributed by atoms with E-state index < -0.39 is 0 Å². The molecule has 0 rings (SSSR count). The number of ether oxygens (including phenoxy) is 1. The van der Waals surface area contributed by atoms with Gasteiger partial charge in [-0.2, -0.15) is 12.6 Å². The van der Waals surface area contributed by atoms with Gasteiger partial charge < -0.3 is 4.74 Å². The van der Waals surface area contributed by atoms with E-state index in [4.69, 9.17) is 0 Å². The number of thiol groups is 1. The van der Waals surface area contributed by atoms with Gasteiger partial charge in [0.2, 0.25) is 0 Å². The molecular formula is C6H10O2S. The van der Waals surface area contributed by atoms with Gasteiger partial charge >= 0.3 is 5.97 Å². The maximum Gasteiger partial charge on any atom is 0.314 e. The number of hydrogen-bond donors (Lipinski definition) is 1. The summed E-state index contributed by atoms with van der Waals surface area (Å²) in [4.78, 5) is 10.6. The van der Waals surface area contributed by atoms with E-state index in [1.807, 2.05) is 0 Å². The van der Waals surface area contributed by atoms with Crippen molar-refractivity contribution in [2.24, 2.45) is 5.92 Å². The summed E-state index contributed by atoms with van der Waals surface area (Å²) >= 11 is 3.91. The third kappa shape index (κ3) is 3.19. The van der Waals surface area contributed by atoms with Crippen LogP contribution in [-0.4, -0.2) is 11.7 Å². The molecule has 0 saturated carbocycles. The van der Waals surface area contributed by atoms with E-state index >= 15 is 0 Å². The van der Waals surface area contributed by atoms with Crippen molar-refractivity contribution < 1.29 is 9.53 Å². The van der Waals surface area contributed by atoms with Crippen LogP contribution in [-0.2, 0) is 9.53 Å². The van der Waals surface area contributed by atoms with E-state index in [0.717, 1.165) is 6.26 Å². The highest BCUT2D eigenvalue weighted by Gasteiger charge is 2.09. The Morgan fingerprint density at radius 2 is 2.56 bits per heavy atom. The summed E-state index contributed by atoms with van der Waals surface area (Å²) in [6, 6.07) is 0. The van der Waals surface area contributed by atoms with Crippen LogP contribution in [0.25, 0.3) is 0 Å². The molecule has 0 fully saturated rings. The average Bonchev–Trinajstić information content (AvgIpc) is 1.87. The molecule has 3 heteroatoms. The third-order valence-electron chi connectivity index (χ3n) is 0.876. The van der Waals surface area contributed by atoms with Crippen LogP contribution < -0.4 is 0 Å². The van der Waals surface area contributed by atoms with E-state index in [1.54, 1.807) is 6.92 Å². The summed E-state index contributed by atoms with van der Waals surface area (Å²) < 4.78 is 4.47.